The Hall–Kier alpha value is -3.77. The number of hydrogen-bond donors (Lipinski definition) is 2. The lowest BCUT2D eigenvalue weighted by atomic mass is 9.97. The van der Waals surface area contributed by atoms with E-state index in [0.29, 0.717) is 28.9 Å². The van der Waals surface area contributed by atoms with Gasteiger partial charge in [-0.25, -0.2) is 0 Å². The quantitative estimate of drug-likeness (QED) is 0.494. The van der Waals surface area contributed by atoms with E-state index in [4.69, 9.17) is 5.73 Å². The van der Waals surface area contributed by atoms with Gasteiger partial charge in [0.25, 0.3) is 5.91 Å². The number of ketones is 1. The van der Waals surface area contributed by atoms with Crippen molar-refractivity contribution in [3.8, 4) is 11.1 Å². The van der Waals surface area contributed by atoms with Crippen LogP contribution in [0.5, 0.6) is 0 Å². The molecule has 2 amide bonds. The number of nitrogens with two attached hydrogens (primary N) is 1. The van der Waals surface area contributed by atoms with Crippen LogP contribution in [-0.4, -0.2) is 35.6 Å². The predicted octanol–water partition coefficient (Wildman–Crippen LogP) is 3.85. The van der Waals surface area contributed by atoms with E-state index in [9.17, 15) is 14.4 Å². The van der Waals surface area contributed by atoms with Gasteiger partial charge in [0.1, 0.15) is 0 Å². The van der Waals surface area contributed by atoms with Gasteiger partial charge in [0.05, 0.1) is 5.92 Å². The maximum atomic E-state index is 12.8. The number of anilines is 1. The minimum Gasteiger partial charge on any atom is -0.369 e. The van der Waals surface area contributed by atoms with E-state index >= 15 is 0 Å². The second kappa shape index (κ2) is 8.64. The number of likely N-dealkylation sites (tertiary alicyclic amines) is 1. The van der Waals surface area contributed by atoms with Crippen LogP contribution in [0.4, 0.5) is 5.69 Å². The predicted molar refractivity (Wildman–Crippen MR) is 127 cm³/mol. The van der Waals surface area contributed by atoms with Gasteiger partial charge >= 0.3 is 0 Å². The van der Waals surface area contributed by atoms with Crippen molar-refractivity contribution in [1.82, 2.24) is 4.90 Å². The number of carbonyl (C=O) groups excluding carboxylic acids is 3. The van der Waals surface area contributed by atoms with E-state index in [1.165, 1.54) is 0 Å². The Morgan fingerprint density at radius 3 is 2.42 bits per heavy atom. The van der Waals surface area contributed by atoms with Crippen molar-refractivity contribution >= 4 is 23.3 Å². The van der Waals surface area contributed by atoms with Crippen molar-refractivity contribution < 1.29 is 14.4 Å². The molecule has 0 saturated carbocycles. The van der Waals surface area contributed by atoms with Crippen LogP contribution in [0, 0.1) is 5.92 Å². The maximum Gasteiger partial charge on any atom is 0.255 e. The SMILES string of the molecule is NC(=O)C1CCCN(Cc2ccc(NC(=O)c3ccc4c(c3)C(=O)c3ccccc3-4)cc2)C1. The number of nitrogens with one attached hydrogen (secondary N) is 1. The third-order valence-corrected chi connectivity index (χ3v) is 6.51. The standard InChI is InChI=1S/C27H25N3O3/c28-26(32)19-4-3-13-30(16-19)15-17-7-10-20(11-8-17)29-27(33)18-9-12-22-21-5-1-2-6-23(21)25(31)24(22)14-18/h1-2,5-12,14,19H,3-4,13,15-16H2,(H2,28,32)(H,29,33). The summed E-state index contributed by atoms with van der Waals surface area (Å²) >= 11 is 0. The van der Waals surface area contributed by atoms with Crippen molar-refractivity contribution in [3.05, 3.63) is 89.0 Å². The van der Waals surface area contributed by atoms with Gasteiger partial charge in [0, 0.05) is 35.5 Å². The molecule has 1 aliphatic heterocycles. The van der Waals surface area contributed by atoms with Gasteiger partial charge in [-0.15, -0.1) is 0 Å². The average molecular weight is 440 g/mol. The largest absolute Gasteiger partial charge is 0.369 e. The van der Waals surface area contributed by atoms with Gasteiger partial charge in [-0.3, -0.25) is 19.3 Å². The number of rotatable bonds is 5. The first-order valence-corrected chi connectivity index (χ1v) is 11.2. The number of nitrogens with zero attached hydrogens (tertiary/aromatic N) is 1. The second-order valence-corrected chi connectivity index (χ2v) is 8.76. The molecule has 1 fully saturated rings. The fourth-order valence-corrected chi connectivity index (χ4v) is 4.76. The molecule has 3 N–H and O–H groups in total. The average Bonchev–Trinajstić information content (AvgIpc) is 3.12. The highest BCUT2D eigenvalue weighted by Gasteiger charge is 2.27. The molecule has 5 rings (SSSR count). The summed E-state index contributed by atoms with van der Waals surface area (Å²) in [6.07, 6.45) is 1.83. The van der Waals surface area contributed by atoms with Gasteiger partial charge in [-0.2, -0.15) is 0 Å². The summed E-state index contributed by atoms with van der Waals surface area (Å²) in [5, 5.41) is 2.91. The number of carbonyl (C=O) groups is 3. The van der Waals surface area contributed by atoms with Crippen LogP contribution in [-0.2, 0) is 11.3 Å². The molecule has 1 atom stereocenters. The molecular weight excluding hydrogens is 414 g/mol. The molecule has 2 aliphatic rings. The number of fused-ring (bicyclic) bond motifs is 3. The van der Waals surface area contributed by atoms with Crippen LogP contribution in [0.2, 0.25) is 0 Å². The number of piperidine rings is 1. The molecule has 0 spiro atoms. The highest BCUT2D eigenvalue weighted by molar-refractivity contribution is 6.22. The molecule has 1 aliphatic carbocycles. The van der Waals surface area contributed by atoms with Crippen LogP contribution in [0.15, 0.2) is 66.7 Å². The summed E-state index contributed by atoms with van der Waals surface area (Å²) in [6.45, 7) is 2.38. The van der Waals surface area contributed by atoms with Crippen molar-refractivity contribution in [1.29, 1.82) is 0 Å². The Kier molecular flexibility index (Phi) is 5.52. The lowest BCUT2D eigenvalue weighted by molar-refractivity contribution is -0.123. The van der Waals surface area contributed by atoms with Crippen molar-refractivity contribution in [2.45, 2.75) is 19.4 Å². The minimum absolute atomic E-state index is 0.0455. The van der Waals surface area contributed by atoms with E-state index in [0.717, 1.165) is 42.6 Å². The zero-order valence-electron chi connectivity index (χ0n) is 18.2. The summed E-state index contributed by atoms with van der Waals surface area (Å²) in [4.78, 5) is 39.3. The van der Waals surface area contributed by atoms with E-state index in [1.807, 2.05) is 54.6 Å². The first kappa shape index (κ1) is 21.1. The summed E-state index contributed by atoms with van der Waals surface area (Å²) < 4.78 is 0. The molecule has 1 heterocycles. The Labute approximate surface area is 192 Å². The highest BCUT2D eigenvalue weighted by Crippen LogP contribution is 2.36. The highest BCUT2D eigenvalue weighted by atomic mass is 16.2. The minimum atomic E-state index is -0.255. The smallest absolute Gasteiger partial charge is 0.255 e. The summed E-state index contributed by atoms with van der Waals surface area (Å²) in [7, 11) is 0. The number of hydrogen-bond acceptors (Lipinski definition) is 4. The van der Waals surface area contributed by atoms with Crippen LogP contribution in [0.1, 0.15) is 44.7 Å². The number of primary amides is 1. The fourth-order valence-electron chi connectivity index (χ4n) is 4.76. The normalized spacial score (nSPS) is 17.3. The lowest BCUT2D eigenvalue weighted by Crippen LogP contribution is -2.40. The summed E-state index contributed by atoms with van der Waals surface area (Å²) in [5.74, 6) is -0.607. The summed E-state index contributed by atoms with van der Waals surface area (Å²) in [6, 6.07) is 20.5. The van der Waals surface area contributed by atoms with Crippen LogP contribution in [0.25, 0.3) is 11.1 Å². The molecule has 3 aromatic carbocycles. The van der Waals surface area contributed by atoms with E-state index in [-0.39, 0.29) is 23.5 Å². The number of amides is 2. The summed E-state index contributed by atoms with van der Waals surface area (Å²) in [5.41, 5.74) is 10.7. The van der Waals surface area contributed by atoms with E-state index < -0.39 is 0 Å². The first-order valence-electron chi connectivity index (χ1n) is 11.2. The zero-order chi connectivity index (χ0) is 22.9. The third-order valence-electron chi connectivity index (χ3n) is 6.51. The van der Waals surface area contributed by atoms with Gasteiger partial charge in [-0.1, -0.05) is 42.5 Å². The number of benzene rings is 3. The van der Waals surface area contributed by atoms with Crippen molar-refractivity contribution in [2.75, 3.05) is 18.4 Å². The molecule has 6 heteroatoms. The molecule has 0 radical (unpaired) electrons. The van der Waals surface area contributed by atoms with E-state index in [1.54, 1.807) is 12.1 Å². The van der Waals surface area contributed by atoms with Crippen LogP contribution < -0.4 is 11.1 Å². The van der Waals surface area contributed by atoms with Crippen LogP contribution >= 0.6 is 0 Å². The maximum absolute atomic E-state index is 12.8. The Morgan fingerprint density at radius 2 is 1.67 bits per heavy atom. The first-order chi connectivity index (χ1) is 16.0. The monoisotopic (exact) mass is 439 g/mol. The van der Waals surface area contributed by atoms with Crippen molar-refractivity contribution in [2.24, 2.45) is 11.7 Å². The molecule has 1 saturated heterocycles. The molecule has 3 aromatic rings. The molecule has 166 valence electrons. The molecular formula is C27H25N3O3. The topological polar surface area (TPSA) is 92.5 Å². The van der Waals surface area contributed by atoms with Crippen molar-refractivity contribution in [3.63, 3.8) is 0 Å². The fraction of sp³-hybridized carbons (Fsp3) is 0.222. The lowest BCUT2D eigenvalue weighted by Gasteiger charge is -2.31. The second-order valence-electron chi connectivity index (χ2n) is 8.76. The third kappa shape index (κ3) is 4.17. The van der Waals surface area contributed by atoms with E-state index in [2.05, 4.69) is 10.2 Å². The van der Waals surface area contributed by atoms with Gasteiger partial charge in [0.2, 0.25) is 5.91 Å². The van der Waals surface area contributed by atoms with Gasteiger partial charge in [-0.05, 0) is 60.3 Å². The van der Waals surface area contributed by atoms with Gasteiger partial charge in [0.15, 0.2) is 5.78 Å². The molecule has 6 nitrogen and oxygen atoms in total. The molecule has 1 unspecified atom stereocenters. The Bertz CT molecular complexity index is 1250. The van der Waals surface area contributed by atoms with Crippen LogP contribution in [0.3, 0.4) is 0 Å². The molecule has 33 heavy (non-hydrogen) atoms. The Balaban J connectivity index is 1.25. The molecule has 0 bridgehead atoms. The Morgan fingerprint density at radius 1 is 0.939 bits per heavy atom. The van der Waals surface area contributed by atoms with Gasteiger partial charge < -0.3 is 11.1 Å². The molecule has 0 aromatic heterocycles. The zero-order valence-corrected chi connectivity index (χ0v) is 18.2.